The summed E-state index contributed by atoms with van der Waals surface area (Å²) in [5.74, 6) is 0.226. The molecule has 0 radical (unpaired) electrons. The topological polar surface area (TPSA) is 77.0 Å². The third kappa shape index (κ3) is 9.03. The van der Waals surface area contributed by atoms with E-state index in [-0.39, 0.29) is 5.91 Å². The van der Waals surface area contributed by atoms with Gasteiger partial charge in [0, 0.05) is 6.42 Å². The van der Waals surface area contributed by atoms with Gasteiger partial charge in [-0.05, 0) is 49.2 Å². The minimum absolute atomic E-state index is 0.0924. The summed E-state index contributed by atoms with van der Waals surface area (Å²) < 4.78 is 11.1. The average Bonchev–Trinajstić information content (AvgIpc) is 2.78. The zero-order valence-electron chi connectivity index (χ0n) is 18.4. The molecule has 0 fully saturated rings. The maximum Gasteiger partial charge on any atom is 0.343 e. The number of nitrogens with one attached hydrogen (secondary N) is 1. The highest BCUT2D eigenvalue weighted by atomic mass is 16.6. The minimum atomic E-state index is -0.454. The first-order chi connectivity index (χ1) is 15.1. The lowest BCUT2D eigenvalue weighted by molar-refractivity contribution is -0.121. The minimum Gasteiger partial charge on any atom is -0.490 e. The lowest BCUT2D eigenvalue weighted by Crippen LogP contribution is -2.16. The van der Waals surface area contributed by atoms with Crippen molar-refractivity contribution in [1.29, 1.82) is 0 Å². The van der Waals surface area contributed by atoms with Crippen LogP contribution in [0.1, 0.15) is 74.7 Å². The van der Waals surface area contributed by atoms with E-state index in [1.807, 2.05) is 13.0 Å². The molecule has 0 saturated carbocycles. The first kappa shape index (κ1) is 24.1. The van der Waals surface area contributed by atoms with Gasteiger partial charge in [-0.1, -0.05) is 57.2 Å². The van der Waals surface area contributed by atoms with Crippen LogP contribution in [0.5, 0.6) is 11.5 Å². The van der Waals surface area contributed by atoms with Crippen LogP contribution in [0.15, 0.2) is 53.6 Å². The van der Waals surface area contributed by atoms with Crippen LogP contribution in [0.3, 0.4) is 0 Å². The molecule has 2 aromatic rings. The summed E-state index contributed by atoms with van der Waals surface area (Å²) in [7, 11) is 0. The maximum absolute atomic E-state index is 12.3. The summed E-state index contributed by atoms with van der Waals surface area (Å²) in [6, 6.07) is 13.9. The second-order valence-electron chi connectivity index (χ2n) is 7.21. The van der Waals surface area contributed by atoms with E-state index >= 15 is 0 Å². The maximum atomic E-state index is 12.3. The molecule has 6 heteroatoms. The first-order valence-electron chi connectivity index (χ1n) is 11.0. The van der Waals surface area contributed by atoms with Crippen LogP contribution in [-0.4, -0.2) is 24.7 Å². The van der Waals surface area contributed by atoms with Gasteiger partial charge in [0.15, 0.2) is 11.5 Å². The Kier molecular flexibility index (Phi) is 10.9. The van der Waals surface area contributed by atoms with Crippen molar-refractivity contribution in [2.75, 3.05) is 6.61 Å². The van der Waals surface area contributed by atoms with Gasteiger partial charge in [-0.3, -0.25) is 4.79 Å². The van der Waals surface area contributed by atoms with Gasteiger partial charge in [-0.15, -0.1) is 0 Å². The molecule has 0 aromatic heterocycles. The Bertz CT molecular complexity index is 850. The Morgan fingerprint density at radius 1 is 0.935 bits per heavy atom. The van der Waals surface area contributed by atoms with Gasteiger partial charge in [0.1, 0.15) is 0 Å². The van der Waals surface area contributed by atoms with E-state index < -0.39 is 5.97 Å². The summed E-state index contributed by atoms with van der Waals surface area (Å²) in [6.45, 7) is 4.46. The zero-order valence-corrected chi connectivity index (χ0v) is 18.4. The largest absolute Gasteiger partial charge is 0.490 e. The lowest BCUT2D eigenvalue weighted by atomic mass is 10.1. The van der Waals surface area contributed by atoms with Crippen molar-refractivity contribution >= 4 is 18.1 Å². The predicted octanol–water partition coefficient (Wildman–Crippen LogP) is 5.51. The highest BCUT2D eigenvalue weighted by Gasteiger charge is 2.13. The van der Waals surface area contributed by atoms with Crippen molar-refractivity contribution in [2.24, 2.45) is 5.10 Å². The number of unbranched alkanes of at least 4 members (excludes halogenated alkanes) is 5. The molecule has 0 heterocycles. The van der Waals surface area contributed by atoms with Crippen LogP contribution in [0.2, 0.25) is 0 Å². The molecular formula is C25H32N2O4. The SMILES string of the molecule is CCCCCCCCC(=O)N/N=C\c1ccc(OC(=O)c2ccccc2)c(OCC)c1. The lowest BCUT2D eigenvalue weighted by Gasteiger charge is -2.11. The number of nitrogens with zero attached hydrogens (tertiary/aromatic N) is 1. The van der Waals surface area contributed by atoms with E-state index in [4.69, 9.17) is 9.47 Å². The van der Waals surface area contributed by atoms with Crippen LogP contribution in [0.25, 0.3) is 0 Å². The molecule has 0 bridgehead atoms. The highest BCUT2D eigenvalue weighted by molar-refractivity contribution is 5.91. The molecule has 0 unspecified atom stereocenters. The monoisotopic (exact) mass is 424 g/mol. The van der Waals surface area contributed by atoms with Gasteiger partial charge in [0.2, 0.25) is 5.91 Å². The molecule has 2 rings (SSSR count). The van der Waals surface area contributed by atoms with Crippen molar-refractivity contribution in [2.45, 2.75) is 58.8 Å². The number of hydrogen-bond donors (Lipinski definition) is 1. The van der Waals surface area contributed by atoms with Gasteiger partial charge in [-0.25, -0.2) is 10.2 Å². The Labute approximate surface area is 184 Å². The second-order valence-corrected chi connectivity index (χ2v) is 7.21. The van der Waals surface area contributed by atoms with Crippen LogP contribution in [0.4, 0.5) is 0 Å². The molecule has 166 valence electrons. The number of benzene rings is 2. The number of ether oxygens (including phenoxy) is 2. The summed E-state index contributed by atoms with van der Waals surface area (Å²) in [4.78, 5) is 24.2. The molecule has 6 nitrogen and oxygen atoms in total. The Hall–Kier alpha value is -3.15. The number of carbonyl (C=O) groups excluding carboxylic acids is 2. The quantitative estimate of drug-likeness (QED) is 0.151. The normalized spacial score (nSPS) is 10.8. The van der Waals surface area contributed by atoms with E-state index in [1.54, 1.807) is 48.7 Å². The van der Waals surface area contributed by atoms with Gasteiger partial charge < -0.3 is 9.47 Å². The molecule has 1 amide bonds. The molecule has 0 saturated heterocycles. The molecule has 31 heavy (non-hydrogen) atoms. The number of amides is 1. The average molecular weight is 425 g/mol. The molecular weight excluding hydrogens is 392 g/mol. The Balaban J connectivity index is 1.88. The van der Waals surface area contributed by atoms with Crippen LogP contribution < -0.4 is 14.9 Å². The third-order valence-corrected chi connectivity index (χ3v) is 4.64. The molecule has 0 spiro atoms. The third-order valence-electron chi connectivity index (χ3n) is 4.64. The predicted molar refractivity (Wildman–Crippen MR) is 123 cm³/mol. The van der Waals surface area contributed by atoms with Gasteiger partial charge >= 0.3 is 5.97 Å². The standard InChI is InChI=1S/C25H32N2O4/c1-3-5-6-7-8-12-15-24(28)27-26-19-20-16-17-22(23(18-20)30-4-2)31-25(29)21-13-10-9-11-14-21/h9-11,13-14,16-19H,3-8,12,15H2,1-2H3,(H,27,28)/b26-19-. The van der Waals surface area contributed by atoms with Crippen LogP contribution in [0, 0.1) is 0 Å². The smallest absolute Gasteiger partial charge is 0.343 e. The summed E-state index contributed by atoms with van der Waals surface area (Å²) in [5.41, 5.74) is 3.74. The number of hydrogen-bond acceptors (Lipinski definition) is 5. The van der Waals surface area contributed by atoms with E-state index in [9.17, 15) is 9.59 Å². The molecule has 0 aliphatic carbocycles. The van der Waals surface area contributed by atoms with Crippen LogP contribution >= 0.6 is 0 Å². The Morgan fingerprint density at radius 3 is 2.42 bits per heavy atom. The van der Waals surface area contributed by atoms with E-state index in [2.05, 4.69) is 17.5 Å². The summed E-state index contributed by atoms with van der Waals surface area (Å²) in [5, 5.41) is 4.02. The fourth-order valence-electron chi connectivity index (χ4n) is 2.99. The highest BCUT2D eigenvalue weighted by Crippen LogP contribution is 2.29. The fourth-order valence-corrected chi connectivity index (χ4v) is 2.99. The zero-order chi connectivity index (χ0) is 22.3. The van der Waals surface area contributed by atoms with E-state index in [0.717, 1.165) is 18.4 Å². The van der Waals surface area contributed by atoms with E-state index in [0.29, 0.717) is 30.1 Å². The number of rotatable bonds is 13. The number of hydrazone groups is 1. The molecule has 0 atom stereocenters. The molecule has 1 N–H and O–H groups in total. The first-order valence-corrected chi connectivity index (χ1v) is 11.0. The van der Waals surface area contributed by atoms with Gasteiger partial charge in [-0.2, -0.15) is 5.10 Å². The van der Waals surface area contributed by atoms with Gasteiger partial charge in [0.05, 0.1) is 18.4 Å². The van der Waals surface area contributed by atoms with Crippen molar-refractivity contribution in [3.05, 3.63) is 59.7 Å². The number of esters is 1. The molecule has 0 aliphatic heterocycles. The molecule has 0 aliphatic rings. The second kappa shape index (κ2) is 14.0. The fraction of sp³-hybridized carbons (Fsp3) is 0.400. The molecule has 2 aromatic carbocycles. The van der Waals surface area contributed by atoms with Crippen molar-refractivity contribution in [3.63, 3.8) is 0 Å². The van der Waals surface area contributed by atoms with Crippen molar-refractivity contribution < 1.29 is 19.1 Å². The summed E-state index contributed by atoms with van der Waals surface area (Å²) >= 11 is 0. The van der Waals surface area contributed by atoms with Crippen LogP contribution in [-0.2, 0) is 4.79 Å². The van der Waals surface area contributed by atoms with E-state index in [1.165, 1.54) is 25.7 Å². The van der Waals surface area contributed by atoms with Gasteiger partial charge in [0.25, 0.3) is 0 Å². The van der Waals surface area contributed by atoms with Crippen molar-refractivity contribution in [3.8, 4) is 11.5 Å². The Morgan fingerprint density at radius 2 is 1.68 bits per heavy atom. The number of carbonyl (C=O) groups is 2. The summed E-state index contributed by atoms with van der Waals surface area (Å²) in [6.07, 6.45) is 8.84. The van der Waals surface area contributed by atoms with Crippen molar-refractivity contribution in [1.82, 2.24) is 5.43 Å².